The maximum Gasteiger partial charge on any atom is 0.341 e. The number of nitrogens with zero attached hydrogens (tertiary/aromatic N) is 5. The van der Waals surface area contributed by atoms with E-state index in [1.165, 1.54) is 12.3 Å². The van der Waals surface area contributed by atoms with E-state index in [-0.39, 0.29) is 17.0 Å². The van der Waals surface area contributed by atoms with Gasteiger partial charge in [-0.1, -0.05) is 0 Å². The molecule has 1 N–H and O–H groups in total. The van der Waals surface area contributed by atoms with Crippen molar-refractivity contribution in [2.45, 2.75) is 25.8 Å². The molecule has 3 heterocycles. The van der Waals surface area contributed by atoms with Crippen molar-refractivity contribution >= 4 is 28.5 Å². The number of benzene rings is 1. The molecule has 1 aliphatic carbocycles. The van der Waals surface area contributed by atoms with Gasteiger partial charge in [-0.3, -0.25) is 4.79 Å². The molecule has 31 heavy (non-hydrogen) atoms. The van der Waals surface area contributed by atoms with Crippen molar-refractivity contribution in [1.82, 2.24) is 14.5 Å². The standard InChI is InChI=1S/C22H22FN5O3/c1-13-4-5-24-22(25-13)27-8-6-26(7-9-27)19-11-18-15(10-17(19)23)20(29)16(21(30)31)12-28(18)14-2-3-14/h4-5,10-12,14H,2-3,6-9H2,1H3,(H,30,31). The van der Waals surface area contributed by atoms with Crippen LogP contribution >= 0.6 is 0 Å². The Morgan fingerprint density at radius 3 is 2.52 bits per heavy atom. The zero-order valence-corrected chi connectivity index (χ0v) is 17.1. The molecule has 0 amide bonds. The van der Waals surface area contributed by atoms with Gasteiger partial charge in [0, 0.05) is 55.7 Å². The third-order valence-corrected chi connectivity index (χ3v) is 5.96. The van der Waals surface area contributed by atoms with Crippen molar-refractivity contribution in [3.63, 3.8) is 0 Å². The number of hydrogen-bond acceptors (Lipinski definition) is 6. The number of pyridine rings is 1. The number of aromatic carboxylic acids is 1. The molecule has 0 unspecified atom stereocenters. The summed E-state index contributed by atoms with van der Waals surface area (Å²) in [5.41, 5.74) is 0.934. The Bertz CT molecular complexity index is 1250. The van der Waals surface area contributed by atoms with Crippen molar-refractivity contribution in [3.05, 3.63) is 57.9 Å². The molecule has 160 valence electrons. The number of aromatic nitrogens is 3. The maximum absolute atomic E-state index is 15.1. The predicted molar refractivity (Wildman–Crippen MR) is 115 cm³/mol. The van der Waals surface area contributed by atoms with Gasteiger partial charge >= 0.3 is 5.97 Å². The van der Waals surface area contributed by atoms with Crippen LogP contribution in [0.1, 0.15) is 34.9 Å². The number of fused-ring (bicyclic) bond motifs is 1. The summed E-state index contributed by atoms with van der Waals surface area (Å²) in [6.07, 6.45) is 4.97. The minimum Gasteiger partial charge on any atom is -0.477 e. The third-order valence-electron chi connectivity index (χ3n) is 5.96. The van der Waals surface area contributed by atoms with Crippen molar-refractivity contribution < 1.29 is 14.3 Å². The zero-order chi connectivity index (χ0) is 21.7. The van der Waals surface area contributed by atoms with Crippen molar-refractivity contribution in [3.8, 4) is 0 Å². The molecule has 5 rings (SSSR count). The highest BCUT2D eigenvalue weighted by Gasteiger charge is 2.28. The van der Waals surface area contributed by atoms with E-state index in [1.54, 1.807) is 12.3 Å². The van der Waals surface area contributed by atoms with E-state index in [0.717, 1.165) is 18.5 Å². The molecule has 2 aromatic heterocycles. The van der Waals surface area contributed by atoms with Crippen LogP contribution in [-0.4, -0.2) is 51.8 Å². The summed E-state index contributed by atoms with van der Waals surface area (Å²) in [5.74, 6) is -1.14. The molecule has 1 saturated heterocycles. The topological polar surface area (TPSA) is 91.6 Å². The van der Waals surface area contributed by atoms with E-state index in [0.29, 0.717) is 43.3 Å². The second-order valence-electron chi connectivity index (χ2n) is 8.11. The molecular formula is C22H22FN5O3. The van der Waals surface area contributed by atoms with Crippen LogP contribution in [-0.2, 0) is 0 Å². The van der Waals surface area contributed by atoms with Gasteiger partial charge in [-0.15, -0.1) is 0 Å². The molecule has 2 aliphatic rings. The van der Waals surface area contributed by atoms with Gasteiger partial charge in [-0.2, -0.15) is 0 Å². The molecule has 0 bridgehead atoms. The molecule has 1 aromatic carbocycles. The van der Waals surface area contributed by atoms with Gasteiger partial charge in [0.05, 0.1) is 11.2 Å². The minimum atomic E-state index is -1.29. The highest BCUT2D eigenvalue weighted by molar-refractivity contribution is 5.93. The van der Waals surface area contributed by atoms with Crippen LogP contribution in [0.4, 0.5) is 16.0 Å². The van der Waals surface area contributed by atoms with E-state index in [4.69, 9.17) is 0 Å². The Labute approximate surface area is 177 Å². The number of anilines is 2. The number of aryl methyl sites for hydroxylation is 1. The monoisotopic (exact) mass is 423 g/mol. The van der Waals surface area contributed by atoms with Crippen LogP contribution in [0.25, 0.3) is 10.9 Å². The van der Waals surface area contributed by atoms with Gasteiger partial charge in [0.25, 0.3) is 0 Å². The summed E-state index contributed by atoms with van der Waals surface area (Å²) < 4.78 is 16.9. The normalized spacial score (nSPS) is 16.7. The Balaban J connectivity index is 1.49. The van der Waals surface area contributed by atoms with Gasteiger partial charge in [0.2, 0.25) is 11.4 Å². The minimum absolute atomic E-state index is 0.111. The van der Waals surface area contributed by atoms with Crippen molar-refractivity contribution in [2.75, 3.05) is 36.0 Å². The maximum atomic E-state index is 15.1. The molecule has 0 spiro atoms. The lowest BCUT2D eigenvalue weighted by molar-refractivity contribution is 0.0695. The fourth-order valence-corrected chi connectivity index (χ4v) is 4.14. The Kier molecular flexibility index (Phi) is 4.60. The second kappa shape index (κ2) is 7.33. The fourth-order valence-electron chi connectivity index (χ4n) is 4.14. The third kappa shape index (κ3) is 3.49. The van der Waals surface area contributed by atoms with Crippen LogP contribution in [0.2, 0.25) is 0 Å². The fraction of sp³-hybridized carbons (Fsp3) is 0.364. The van der Waals surface area contributed by atoms with Crippen LogP contribution in [0, 0.1) is 12.7 Å². The van der Waals surface area contributed by atoms with Gasteiger partial charge in [-0.25, -0.2) is 19.2 Å². The van der Waals surface area contributed by atoms with Crippen LogP contribution in [0.15, 0.2) is 35.4 Å². The van der Waals surface area contributed by atoms with E-state index in [9.17, 15) is 14.7 Å². The lowest BCUT2D eigenvalue weighted by Gasteiger charge is -2.36. The lowest BCUT2D eigenvalue weighted by Crippen LogP contribution is -2.47. The first-order valence-electron chi connectivity index (χ1n) is 10.3. The Hall–Kier alpha value is -3.49. The van der Waals surface area contributed by atoms with Crippen LogP contribution < -0.4 is 15.2 Å². The molecule has 1 aliphatic heterocycles. The van der Waals surface area contributed by atoms with Crippen molar-refractivity contribution in [1.29, 1.82) is 0 Å². The lowest BCUT2D eigenvalue weighted by atomic mass is 10.1. The largest absolute Gasteiger partial charge is 0.477 e. The summed E-state index contributed by atoms with van der Waals surface area (Å²) in [4.78, 5) is 36.9. The Morgan fingerprint density at radius 2 is 1.87 bits per heavy atom. The Morgan fingerprint density at radius 1 is 1.16 bits per heavy atom. The summed E-state index contributed by atoms with van der Waals surface area (Å²) in [6.45, 7) is 4.38. The van der Waals surface area contributed by atoms with Crippen molar-refractivity contribution in [2.24, 2.45) is 0 Å². The first kappa shape index (κ1) is 19.5. The summed E-state index contributed by atoms with van der Waals surface area (Å²) in [7, 11) is 0. The molecule has 8 nitrogen and oxygen atoms in total. The molecular weight excluding hydrogens is 401 g/mol. The number of halogens is 1. The highest BCUT2D eigenvalue weighted by atomic mass is 19.1. The molecule has 1 saturated carbocycles. The molecule has 0 radical (unpaired) electrons. The zero-order valence-electron chi connectivity index (χ0n) is 17.1. The number of carboxylic acids is 1. The number of carbonyl (C=O) groups is 1. The summed E-state index contributed by atoms with van der Waals surface area (Å²) in [6, 6.07) is 4.87. The van der Waals surface area contributed by atoms with Gasteiger partial charge in [-0.05, 0) is 38.0 Å². The number of carboxylic acid groups (broad SMARTS) is 1. The summed E-state index contributed by atoms with van der Waals surface area (Å²) in [5, 5.41) is 9.50. The quantitative estimate of drug-likeness (QED) is 0.690. The van der Waals surface area contributed by atoms with Crippen LogP contribution in [0.5, 0.6) is 0 Å². The van der Waals surface area contributed by atoms with E-state index >= 15 is 4.39 Å². The molecule has 3 aromatic rings. The first-order valence-corrected chi connectivity index (χ1v) is 10.3. The number of hydrogen-bond donors (Lipinski definition) is 1. The van der Waals surface area contributed by atoms with E-state index in [1.807, 2.05) is 22.5 Å². The van der Waals surface area contributed by atoms with E-state index in [2.05, 4.69) is 14.9 Å². The van der Waals surface area contributed by atoms with Gasteiger partial charge < -0.3 is 19.5 Å². The first-order chi connectivity index (χ1) is 14.9. The molecule has 9 heteroatoms. The SMILES string of the molecule is Cc1ccnc(N2CCN(c3cc4c(cc3F)c(=O)c(C(=O)O)cn4C3CC3)CC2)n1. The number of piperazine rings is 1. The molecule has 0 atom stereocenters. The highest BCUT2D eigenvalue weighted by Crippen LogP contribution is 2.38. The van der Waals surface area contributed by atoms with E-state index < -0.39 is 17.2 Å². The van der Waals surface area contributed by atoms with Gasteiger partial charge in [0.15, 0.2) is 0 Å². The second-order valence-corrected chi connectivity index (χ2v) is 8.11. The molecule has 2 fully saturated rings. The van der Waals surface area contributed by atoms with Crippen LogP contribution in [0.3, 0.4) is 0 Å². The van der Waals surface area contributed by atoms with Gasteiger partial charge in [0.1, 0.15) is 11.4 Å². The predicted octanol–water partition coefficient (Wildman–Crippen LogP) is 2.60. The average Bonchev–Trinajstić information content (AvgIpc) is 3.59. The summed E-state index contributed by atoms with van der Waals surface area (Å²) >= 11 is 0. The smallest absolute Gasteiger partial charge is 0.341 e. The average molecular weight is 423 g/mol. The number of rotatable bonds is 4.